The fourth-order valence-electron chi connectivity index (χ4n) is 5.52. The van der Waals surface area contributed by atoms with Crippen LogP contribution in [0.1, 0.15) is 47.4 Å². The summed E-state index contributed by atoms with van der Waals surface area (Å²) in [6.07, 6.45) is 3.63. The lowest BCUT2D eigenvalue weighted by atomic mass is 9.76. The molecule has 7 heteroatoms. The maximum absolute atomic E-state index is 9.41. The smallest absolute Gasteiger partial charge is 0.195 e. The van der Waals surface area contributed by atoms with E-state index in [2.05, 4.69) is 35.7 Å². The van der Waals surface area contributed by atoms with E-state index in [4.69, 9.17) is 31.8 Å². The summed E-state index contributed by atoms with van der Waals surface area (Å²) in [5.41, 5.74) is 10.9. The van der Waals surface area contributed by atoms with Gasteiger partial charge in [0.1, 0.15) is 11.9 Å². The van der Waals surface area contributed by atoms with Crippen molar-refractivity contribution in [2.75, 3.05) is 14.2 Å². The summed E-state index contributed by atoms with van der Waals surface area (Å²) in [5, 5.41) is 12.8. The standard InChI is InChI=1S/C29H29ClN4O2/c1-33-28(32)34-29(35-2)16-27(24-9-5-7-19-6-3-4-8-23(19)24)36-26-11-10-20(15-25(26)29)21-12-18(17-31)13-22(30)14-21/h3-4,6,8,10-15,24,27H,5,7,9,16H2,1-2H3,(H3,32,33,34). The van der Waals surface area contributed by atoms with Gasteiger partial charge in [-0.15, -0.1) is 0 Å². The number of methoxy groups -OCH3 is 1. The van der Waals surface area contributed by atoms with E-state index in [1.54, 1.807) is 20.2 Å². The van der Waals surface area contributed by atoms with Crippen LogP contribution in [-0.2, 0) is 16.9 Å². The van der Waals surface area contributed by atoms with Gasteiger partial charge in [-0.3, -0.25) is 0 Å². The zero-order valence-electron chi connectivity index (χ0n) is 20.4. The number of nitrogens with two attached hydrogens (primary N) is 1. The van der Waals surface area contributed by atoms with Gasteiger partial charge in [-0.1, -0.05) is 41.9 Å². The molecule has 0 bridgehead atoms. The van der Waals surface area contributed by atoms with Gasteiger partial charge in [0.05, 0.1) is 11.6 Å². The van der Waals surface area contributed by atoms with Crippen LogP contribution in [0.5, 0.6) is 5.75 Å². The summed E-state index contributed by atoms with van der Waals surface area (Å²) in [5.74, 6) is 1.23. The van der Waals surface area contributed by atoms with Crippen LogP contribution in [0.3, 0.4) is 0 Å². The number of halogens is 1. The molecule has 1 aliphatic heterocycles. The predicted octanol–water partition coefficient (Wildman–Crippen LogP) is 5.48. The topological polar surface area (TPSA) is 92.7 Å². The van der Waals surface area contributed by atoms with Crippen LogP contribution < -0.4 is 15.8 Å². The first kappa shape index (κ1) is 24.2. The molecular formula is C29H29ClN4O2. The van der Waals surface area contributed by atoms with Gasteiger partial charge in [-0.05, 0) is 71.8 Å². The fraction of sp³-hybridized carbons (Fsp3) is 0.310. The molecule has 0 fully saturated rings. The van der Waals surface area contributed by atoms with E-state index < -0.39 is 5.72 Å². The van der Waals surface area contributed by atoms with E-state index in [1.165, 1.54) is 11.1 Å². The van der Waals surface area contributed by atoms with Crippen LogP contribution in [0.2, 0.25) is 5.02 Å². The lowest BCUT2D eigenvalue weighted by molar-refractivity contribution is -0.0649. The monoisotopic (exact) mass is 500 g/mol. The number of nitrogens with one attached hydrogen (secondary N) is 1. The van der Waals surface area contributed by atoms with Gasteiger partial charge in [0.25, 0.3) is 0 Å². The maximum Gasteiger partial charge on any atom is 0.195 e. The summed E-state index contributed by atoms with van der Waals surface area (Å²) < 4.78 is 12.9. The Kier molecular flexibility index (Phi) is 6.61. The third-order valence-electron chi connectivity index (χ3n) is 7.28. The molecule has 5 rings (SSSR count). The predicted molar refractivity (Wildman–Crippen MR) is 142 cm³/mol. The summed E-state index contributed by atoms with van der Waals surface area (Å²) in [7, 11) is 3.40. The normalized spacial score (nSPS) is 23.1. The molecule has 1 aliphatic carbocycles. The van der Waals surface area contributed by atoms with E-state index >= 15 is 0 Å². The van der Waals surface area contributed by atoms with Crippen LogP contribution in [0.25, 0.3) is 11.1 Å². The summed E-state index contributed by atoms with van der Waals surface area (Å²) >= 11 is 6.29. The van der Waals surface area contributed by atoms with Crippen LogP contribution >= 0.6 is 11.6 Å². The molecule has 36 heavy (non-hydrogen) atoms. The second-order valence-corrected chi connectivity index (χ2v) is 9.78. The Bertz CT molecular complexity index is 1370. The molecule has 3 unspecified atom stereocenters. The largest absolute Gasteiger partial charge is 0.489 e. The highest BCUT2D eigenvalue weighted by molar-refractivity contribution is 6.31. The third-order valence-corrected chi connectivity index (χ3v) is 7.49. The molecule has 0 aromatic heterocycles. The van der Waals surface area contributed by atoms with Crippen LogP contribution in [0, 0.1) is 11.3 Å². The number of benzene rings is 3. The van der Waals surface area contributed by atoms with Crippen molar-refractivity contribution >= 4 is 17.6 Å². The molecule has 3 aromatic carbocycles. The van der Waals surface area contributed by atoms with Crippen molar-refractivity contribution in [2.24, 2.45) is 10.7 Å². The maximum atomic E-state index is 9.41. The second kappa shape index (κ2) is 9.85. The van der Waals surface area contributed by atoms with Crippen LogP contribution in [0.4, 0.5) is 0 Å². The summed E-state index contributed by atoms with van der Waals surface area (Å²) in [4.78, 5) is 4.84. The molecular weight excluding hydrogens is 472 g/mol. The molecule has 0 spiro atoms. The van der Waals surface area contributed by atoms with Crippen LogP contribution in [-0.4, -0.2) is 26.2 Å². The van der Waals surface area contributed by atoms with Crippen molar-refractivity contribution in [1.29, 1.82) is 5.26 Å². The van der Waals surface area contributed by atoms with Gasteiger partial charge in [0.15, 0.2) is 11.7 Å². The number of hydrogen-bond donors (Lipinski definition) is 2. The zero-order valence-corrected chi connectivity index (χ0v) is 21.2. The summed E-state index contributed by atoms with van der Waals surface area (Å²) in [6.45, 7) is 0. The molecule has 0 amide bonds. The highest BCUT2D eigenvalue weighted by atomic mass is 35.5. The van der Waals surface area contributed by atoms with Crippen LogP contribution in [0.15, 0.2) is 65.7 Å². The van der Waals surface area contributed by atoms with E-state index in [1.807, 2.05) is 30.3 Å². The average molecular weight is 501 g/mol. The first-order valence-corrected chi connectivity index (χ1v) is 12.5. The fourth-order valence-corrected chi connectivity index (χ4v) is 5.76. The Morgan fingerprint density at radius 3 is 2.81 bits per heavy atom. The Balaban J connectivity index is 1.63. The van der Waals surface area contributed by atoms with Gasteiger partial charge in [0, 0.05) is 37.1 Å². The Morgan fingerprint density at radius 2 is 2.03 bits per heavy atom. The average Bonchev–Trinajstić information content (AvgIpc) is 2.91. The molecule has 0 saturated heterocycles. The minimum absolute atomic E-state index is 0.130. The van der Waals surface area contributed by atoms with Gasteiger partial charge in [0.2, 0.25) is 0 Å². The molecule has 3 atom stereocenters. The molecule has 0 radical (unpaired) electrons. The number of rotatable bonds is 4. The number of nitriles is 1. The Morgan fingerprint density at radius 1 is 1.19 bits per heavy atom. The van der Waals surface area contributed by atoms with Gasteiger partial charge >= 0.3 is 0 Å². The first-order chi connectivity index (χ1) is 17.5. The number of fused-ring (bicyclic) bond motifs is 2. The van der Waals surface area contributed by atoms with E-state index in [-0.39, 0.29) is 18.0 Å². The summed E-state index contributed by atoms with van der Waals surface area (Å²) in [6, 6.07) is 22.1. The molecule has 1 heterocycles. The number of aliphatic imine (C=N–C) groups is 1. The van der Waals surface area contributed by atoms with Gasteiger partial charge in [-0.2, -0.15) is 5.26 Å². The Labute approximate surface area is 216 Å². The lowest BCUT2D eigenvalue weighted by Crippen LogP contribution is -2.44. The highest BCUT2D eigenvalue weighted by Crippen LogP contribution is 2.49. The molecule has 3 aromatic rings. The lowest BCUT2D eigenvalue weighted by Gasteiger charge is -2.43. The number of aryl methyl sites for hydroxylation is 1. The second-order valence-electron chi connectivity index (χ2n) is 9.34. The van der Waals surface area contributed by atoms with Crippen molar-refractivity contribution in [1.82, 2.24) is 5.32 Å². The number of guanidine groups is 1. The van der Waals surface area contributed by atoms with Crippen molar-refractivity contribution < 1.29 is 9.47 Å². The third kappa shape index (κ3) is 4.41. The Hall–Kier alpha value is -3.53. The number of hydrogen-bond acceptors (Lipinski definition) is 4. The zero-order chi connectivity index (χ0) is 25.3. The van der Waals surface area contributed by atoms with Gasteiger partial charge in [-0.25, -0.2) is 4.99 Å². The number of nitrogens with zero attached hydrogens (tertiary/aromatic N) is 2. The van der Waals surface area contributed by atoms with E-state index in [0.29, 0.717) is 17.0 Å². The molecule has 3 N–H and O–H groups in total. The van der Waals surface area contributed by atoms with E-state index in [0.717, 1.165) is 41.7 Å². The molecule has 0 saturated carbocycles. The number of ether oxygens (including phenoxy) is 2. The molecule has 2 aliphatic rings. The quantitative estimate of drug-likeness (QED) is 0.365. The van der Waals surface area contributed by atoms with E-state index in [9.17, 15) is 5.26 Å². The van der Waals surface area contributed by atoms with Crippen molar-refractivity contribution in [3.05, 3.63) is 87.9 Å². The minimum atomic E-state index is -1.04. The highest BCUT2D eigenvalue weighted by Gasteiger charge is 2.46. The van der Waals surface area contributed by atoms with Gasteiger partial charge < -0.3 is 20.5 Å². The molecule has 6 nitrogen and oxygen atoms in total. The minimum Gasteiger partial charge on any atom is -0.489 e. The van der Waals surface area contributed by atoms with Crippen molar-refractivity contribution in [2.45, 2.75) is 43.4 Å². The van der Waals surface area contributed by atoms with Crippen molar-refractivity contribution in [3.63, 3.8) is 0 Å². The molecule has 184 valence electrons. The van der Waals surface area contributed by atoms with Crippen molar-refractivity contribution in [3.8, 4) is 22.9 Å². The first-order valence-electron chi connectivity index (χ1n) is 12.1. The SMILES string of the molecule is CN/C(N)=N\C1(OC)CC(C2CCCc3ccccc32)Oc2ccc(-c3cc(Cl)cc(C#N)c3)cc21.